The molecule has 5 heteroatoms. The summed E-state index contributed by atoms with van der Waals surface area (Å²) in [5, 5.41) is 0.856. The van der Waals surface area contributed by atoms with Crippen LogP contribution < -0.4 is 9.64 Å². The van der Waals surface area contributed by atoms with Crippen LogP contribution in [0.5, 0.6) is 5.88 Å². The zero-order chi connectivity index (χ0) is 12.1. The van der Waals surface area contributed by atoms with Crippen molar-refractivity contribution in [2.45, 2.75) is 13.0 Å². The Bertz CT molecular complexity index is 362. The lowest BCUT2D eigenvalue weighted by molar-refractivity contribution is 0.0567. The first-order chi connectivity index (χ1) is 8.33. The Morgan fingerprint density at radius 1 is 1.59 bits per heavy atom. The lowest BCUT2D eigenvalue weighted by Crippen LogP contribution is -2.43. The molecule has 2 heterocycles. The van der Waals surface area contributed by atoms with Crippen LogP contribution in [0.25, 0.3) is 0 Å². The Kier molecular flexibility index (Phi) is 4.62. The van der Waals surface area contributed by atoms with Crippen molar-refractivity contribution < 1.29 is 9.47 Å². The first kappa shape index (κ1) is 12.6. The van der Waals surface area contributed by atoms with Crippen molar-refractivity contribution >= 4 is 21.7 Å². The first-order valence-electron chi connectivity index (χ1n) is 5.86. The van der Waals surface area contributed by atoms with E-state index >= 15 is 0 Å². The Morgan fingerprint density at radius 2 is 2.47 bits per heavy atom. The van der Waals surface area contributed by atoms with Crippen molar-refractivity contribution in [3.05, 3.63) is 18.2 Å². The maximum Gasteiger partial charge on any atom is 0.215 e. The first-order valence-corrected chi connectivity index (χ1v) is 6.98. The van der Waals surface area contributed by atoms with E-state index in [1.807, 2.05) is 25.1 Å². The molecule has 0 aliphatic carbocycles. The van der Waals surface area contributed by atoms with E-state index in [9.17, 15) is 0 Å². The molecular weight excluding hydrogens is 284 g/mol. The van der Waals surface area contributed by atoms with E-state index in [0.717, 1.165) is 30.8 Å². The van der Waals surface area contributed by atoms with E-state index in [1.165, 1.54) is 0 Å². The van der Waals surface area contributed by atoms with Gasteiger partial charge in [-0.2, -0.15) is 4.98 Å². The number of ether oxygens (including phenoxy) is 2. The average Bonchev–Trinajstić information content (AvgIpc) is 2.40. The fourth-order valence-electron chi connectivity index (χ4n) is 1.83. The zero-order valence-corrected chi connectivity index (χ0v) is 11.5. The molecule has 17 heavy (non-hydrogen) atoms. The van der Waals surface area contributed by atoms with Gasteiger partial charge in [-0.25, -0.2) is 0 Å². The van der Waals surface area contributed by atoms with Crippen molar-refractivity contribution in [1.82, 2.24) is 4.98 Å². The lowest BCUT2D eigenvalue weighted by atomic mass is 10.3. The molecule has 1 aliphatic heterocycles. The normalized spacial score (nSPS) is 20.4. The molecule has 1 aliphatic rings. The van der Waals surface area contributed by atoms with Gasteiger partial charge in [-0.3, -0.25) is 0 Å². The molecule has 1 aromatic rings. The van der Waals surface area contributed by atoms with E-state index in [1.54, 1.807) is 0 Å². The molecule has 1 saturated heterocycles. The molecule has 0 radical (unpaired) electrons. The molecule has 94 valence electrons. The molecule has 0 N–H and O–H groups in total. The standard InChI is InChI=1S/C12H17BrN2O2/c1-2-16-12-5-3-4-11(14-12)15-6-7-17-10(8-13)9-15/h3-5,10H,2,6-9H2,1H3. The molecule has 4 nitrogen and oxygen atoms in total. The summed E-state index contributed by atoms with van der Waals surface area (Å²) >= 11 is 3.45. The number of rotatable bonds is 4. The van der Waals surface area contributed by atoms with E-state index in [2.05, 4.69) is 25.8 Å². The Hall–Kier alpha value is -0.810. The lowest BCUT2D eigenvalue weighted by Gasteiger charge is -2.33. The quantitative estimate of drug-likeness (QED) is 0.798. The van der Waals surface area contributed by atoms with Crippen LogP contribution >= 0.6 is 15.9 Å². The summed E-state index contributed by atoms with van der Waals surface area (Å²) in [5.41, 5.74) is 0. The topological polar surface area (TPSA) is 34.6 Å². The zero-order valence-electron chi connectivity index (χ0n) is 9.93. The summed E-state index contributed by atoms with van der Waals surface area (Å²) in [6, 6.07) is 5.88. The second-order valence-electron chi connectivity index (χ2n) is 3.86. The maximum atomic E-state index is 5.61. The van der Waals surface area contributed by atoms with Crippen LogP contribution in [0.3, 0.4) is 0 Å². The van der Waals surface area contributed by atoms with Crippen LogP contribution in [-0.2, 0) is 4.74 Å². The largest absolute Gasteiger partial charge is 0.478 e. The number of hydrogen-bond acceptors (Lipinski definition) is 4. The highest BCUT2D eigenvalue weighted by Gasteiger charge is 2.20. The number of nitrogens with zero attached hydrogens (tertiary/aromatic N) is 2. The van der Waals surface area contributed by atoms with E-state index < -0.39 is 0 Å². The Labute approximate surface area is 110 Å². The van der Waals surface area contributed by atoms with Crippen LogP contribution in [0.1, 0.15) is 6.92 Å². The van der Waals surface area contributed by atoms with Crippen LogP contribution in [-0.4, -0.2) is 42.7 Å². The van der Waals surface area contributed by atoms with E-state index in [-0.39, 0.29) is 6.10 Å². The summed E-state index contributed by atoms with van der Waals surface area (Å²) in [6.07, 6.45) is 0.237. The number of pyridine rings is 1. The van der Waals surface area contributed by atoms with Crippen LogP contribution in [0.2, 0.25) is 0 Å². The molecular formula is C12H17BrN2O2. The summed E-state index contributed by atoms with van der Waals surface area (Å²) in [5.74, 6) is 1.65. The molecule has 0 amide bonds. The highest BCUT2D eigenvalue weighted by Crippen LogP contribution is 2.19. The number of alkyl halides is 1. The summed E-state index contributed by atoms with van der Waals surface area (Å²) in [4.78, 5) is 6.72. The van der Waals surface area contributed by atoms with Crippen molar-refractivity contribution in [3.8, 4) is 5.88 Å². The highest BCUT2D eigenvalue weighted by atomic mass is 79.9. The molecule has 1 fully saturated rings. The van der Waals surface area contributed by atoms with Gasteiger partial charge in [-0.15, -0.1) is 0 Å². The van der Waals surface area contributed by atoms with Gasteiger partial charge in [0, 0.05) is 24.5 Å². The van der Waals surface area contributed by atoms with Gasteiger partial charge in [0.25, 0.3) is 0 Å². The molecule has 1 aromatic heterocycles. The molecule has 0 bridgehead atoms. The van der Waals surface area contributed by atoms with E-state index in [4.69, 9.17) is 9.47 Å². The SMILES string of the molecule is CCOc1cccc(N2CCOC(CBr)C2)n1. The van der Waals surface area contributed by atoms with Gasteiger partial charge in [0.05, 0.1) is 19.3 Å². The maximum absolute atomic E-state index is 5.61. The third-order valence-corrected chi connectivity index (χ3v) is 3.36. The predicted octanol–water partition coefficient (Wildman–Crippen LogP) is 2.08. The molecule has 0 saturated carbocycles. The number of anilines is 1. The molecule has 2 rings (SSSR count). The summed E-state index contributed by atoms with van der Waals surface area (Å²) < 4.78 is 11.0. The molecule has 0 aromatic carbocycles. The molecule has 1 unspecified atom stereocenters. The van der Waals surface area contributed by atoms with Crippen molar-refractivity contribution in [2.24, 2.45) is 0 Å². The molecule has 0 spiro atoms. The van der Waals surface area contributed by atoms with Gasteiger partial charge in [-0.05, 0) is 13.0 Å². The van der Waals surface area contributed by atoms with Crippen molar-refractivity contribution in [3.63, 3.8) is 0 Å². The minimum absolute atomic E-state index is 0.237. The summed E-state index contributed by atoms with van der Waals surface area (Å²) in [6.45, 7) is 5.10. The third kappa shape index (κ3) is 3.33. The fraction of sp³-hybridized carbons (Fsp3) is 0.583. The highest BCUT2D eigenvalue weighted by molar-refractivity contribution is 9.09. The van der Waals surface area contributed by atoms with Gasteiger partial charge in [-0.1, -0.05) is 22.0 Å². The van der Waals surface area contributed by atoms with Gasteiger partial charge in [0.15, 0.2) is 0 Å². The number of hydrogen-bond donors (Lipinski definition) is 0. The monoisotopic (exact) mass is 300 g/mol. The van der Waals surface area contributed by atoms with Gasteiger partial charge >= 0.3 is 0 Å². The van der Waals surface area contributed by atoms with E-state index in [0.29, 0.717) is 12.5 Å². The smallest absolute Gasteiger partial charge is 0.215 e. The fourth-order valence-corrected chi connectivity index (χ4v) is 2.22. The number of halogens is 1. The molecule has 1 atom stereocenters. The van der Waals surface area contributed by atoms with Gasteiger partial charge < -0.3 is 14.4 Å². The minimum Gasteiger partial charge on any atom is -0.478 e. The third-order valence-electron chi connectivity index (χ3n) is 2.64. The Morgan fingerprint density at radius 3 is 3.24 bits per heavy atom. The number of aromatic nitrogens is 1. The van der Waals surface area contributed by atoms with Crippen LogP contribution in [0, 0.1) is 0 Å². The Balaban J connectivity index is 2.07. The second kappa shape index (κ2) is 6.21. The van der Waals surface area contributed by atoms with Crippen LogP contribution in [0.15, 0.2) is 18.2 Å². The predicted molar refractivity (Wildman–Crippen MR) is 71.2 cm³/mol. The van der Waals surface area contributed by atoms with Gasteiger partial charge in [0.2, 0.25) is 5.88 Å². The van der Waals surface area contributed by atoms with Crippen LogP contribution in [0.4, 0.5) is 5.82 Å². The van der Waals surface area contributed by atoms with Crippen molar-refractivity contribution in [1.29, 1.82) is 0 Å². The summed E-state index contributed by atoms with van der Waals surface area (Å²) in [7, 11) is 0. The van der Waals surface area contributed by atoms with Gasteiger partial charge in [0.1, 0.15) is 5.82 Å². The average molecular weight is 301 g/mol. The second-order valence-corrected chi connectivity index (χ2v) is 4.51. The van der Waals surface area contributed by atoms with Crippen molar-refractivity contribution in [2.75, 3.05) is 36.5 Å². The number of morpholine rings is 1. The minimum atomic E-state index is 0.237.